The number of hydrogen-bond acceptors (Lipinski definition) is 4. The number of anilines is 1. The van der Waals surface area contributed by atoms with Crippen LogP contribution in [0.15, 0.2) is 54.6 Å². The van der Waals surface area contributed by atoms with Gasteiger partial charge in [-0.1, -0.05) is 68.8 Å². The van der Waals surface area contributed by atoms with Crippen LogP contribution in [0.1, 0.15) is 37.6 Å². The minimum Gasteiger partial charge on any atom is -0.360 e. The van der Waals surface area contributed by atoms with E-state index in [1.54, 1.807) is 4.68 Å². The second kappa shape index (κ2) is 7.23. The predicted molar refractivity (Wildman–Crippen MR) is 107 cm³/mol. The van der Waals surface area contributed by atoms with Gasteiger partial charge in [0.05, 0.1) is 10.6 Å². The van der Waals surface area contributed by atoms with E-state index in [0.717, 1.165) is 16.8 Å². The highest BCUT2D eigenvalue weighted by Gasteiger charge is 2.35. The molecule has 1 N–H and O–H groups in total. The van der Waals surface area contributed by atoms with Crippen molar-refractivity contribution in [2.24, 2.45) is 0 Å². The Morgan fingerprint density at radius 2 is 1.70 bits per heavy atom. The number of benzene rings is 2. The van der Waals surface area contributed by atoms with Gasteiger partial charge in [-0.25, -0.2) is 4.68 Å². The Kier molecular flexibility index (Phi) is 4.99. The topological polar surface area (TPSA) is 73.0 Å². The summed E-state index contributed by atoms with van der Waals surface area (Å²) in [5.41, 5.74) is 2.98. The molecule has 0 saturated carbocycles. The number of hydrogen-bond donors (Lipinski definition) is 1. The number of nitrogens with zero attached hydrogens (tertiary/aromatic N) is 3. The van der Waals surface area contributed by atoms with Crippen molar-refractivity contribution in [3.63, 3.8) is 0 Å². The zero-order valence-corrected chi connectivity index (χ0v) is 16.1. The molecular formula is C21H24N4O2. The minimum atomic E-state index is -0.457. The highest BCUT2D eigenvalue weighted by Crippen LogP contribution is 2.38. The van der Waals surface area contributed by atoms with Gasteiger partial charge in [0, 0.05) is 12.0 Å². The number of rotatable bonds is 5. The van der Waals surface area contributed by atoms with Crippen molar-refractivity contribution in [2.45, 2.75) is 39.7 Å². The fourth-order valence-corrected chi connectivity index (χ4v) is 2.90. The fraction of sp³-hybridized carbons (Fsp3) is 0.286. The molecule has 140 valence electrons. The van der Waals surface area contributed by atoms with Crippen molar-refractivity contribution in [1.82, 2.24) is 9.78 Å². The van der Waals surface area contributed by atoms with Gasteiger partial charge in [0.1, 0.15) is 5.69 Å². The van der Waals surface area contributed by atoms with Crippen LogP contribution in [-0.2, 0) is 12.0 Å². The number of aromatic nitrogens is 2. The van der Waals surface area contributed by atoms with Gasteiger partial charge < -0.3 is 5.32 Å². The van der Waals surface area contributed by atoms with Crippen LogP contribution in [0.5, 0.6) is 0 Å². The molecule has 0 aliphatic rings. The third-order valence-corrected chi connectivity index (χ3v) is 4.33. The minimum absolute atomic E-state index is 0.0269. The first-order valence-corrected chi connectivity index (χ1v) is 8.90. The maximum atomic E-state index is 11.9. The molecule has 0 aliphatic carbocycles. The lowest BCUT2D eigenvalue weighted by Gasteiger charge is -2.13. The molecule has 27 heavy (non-hydrogen) atoms. The zero-order chi connectivity index (χ0) is 19.6. The van der Waals surface area contributed by atoms with Gasteiger partial charge in [-0.15, -0.1) is 0 Å². The molecular weight excluding hydrogens is 340 g/mol. The van der Waals surface area contributed by atoms with E-state index in [-0.39, 0.29) is 10.6 Å². The van der Waals surface area contributed by atoms with Gasteiger partial charge in [0.2, 0.25) is 5.82 Å². The smallest absolute Gasteiger partial charge is 0.334 e. The summed E-state index contributed by atoms with van der Waals surface area (Å²) in [6.07, 6.45) is 0. The highest BCUT2D eigenvalue weighted by molar-refractivity contribution is 5.64. The molecule has 0 amide bonds. The lowest BCUT2D eigenvalue weighted by Crippen LogP contribution is -2.14. The fourth-order valence-electron chi connectivity index (χ4n) is 2.90. The second-order valence-electron chi connectivity index (χ2n) is 7.64. The monoisotopic (exact) mass is 364 g/mol. The summed E-state index contributed by atoms with van der Waals surface area (Å²) in [4.78, 5) is 11.6. The third kappa shape index (κ3) is 4.00. The van der Waals surface area contributed by atoms with E-state index in [1.807, 2.05) is 82.3 Å². The van der Waals surface area contributed by atoms with E-state index in [2.05, 4.69) is 10.4 Å². The molecule has 0 saturated heterocycles. The summed E-state index contributed by atoms with van der Waals surface area (Å²) in [6.45, 7) is 8.28. The Labute approximate surface area is 159 Å². The van der Waals surface area contributed by atoms with Crippen molar-refractivity contribution in [3.05, 3.63) is 81.5 Å². The summed E-state index contributed by atoms with van der Waals surface area (Å²) >= 11 is 0. The van der Waals surface area contributed by atoms with Crippen LogP contribution < -0.4 is 5.32 Å². The van der Waals surface area contributed by atoms with Crippen LogP contribution in [-0.4, -0.2) is 14.7 Å². The van der Waals surface area contributed by atoms with Crippen molar-refractivity contribution in [1.29, 1.82) is 0 Å². The normalized spacial score (nSPS) is 11.4. The highest BCUT2D eigenvalue weighted by atomic mass is 16.6. The lowest BCUT2D eigenvalue weighted by atomic mass is 9.91. The first-order chi connectivity index (χ1) is 12.8. The van der Waals surface area contributed by atoms with E-state index < -0.39 is 5.41 Å². The van der Waals surface area contributed by atoms with Gasteiger partial charge in [-0.2, -0.15) is 5.10 Å². The third-order valence-electron chi connectivity index (χ3n) is 4.33. The van der Waals surface area contributed by atoms with E-state index in [9.17, 15) is 10.1 Å². The first-order valence-electron chi connectivity index (χ1n) is 8.90. The maximum absolute atomic E-state index is 11.9. The van der Waals surface area contributed by atoms with Crippen molar-refractivity contribution < 1.29 is 4.92 Å². The van der Waals surface area contributed by atoms with Gasteiger partial charge >= 0.3 is 5.69 Å². The molecule has 0 radical (unpaired) electrons. The number of nitro groups is 1. The Morgan fingerprint density at radius 1 is 1.07 bits per heavy atom. The molecule has 0 bridgehead atoms. The van der Waals surface area contributed by atoms with Crippen molar-refractivity contribution >= 4 is 11.5 Å². The van der Waals surface area contributed by atoms with Crippen molar-refractivity contribution in [2.75, 3.05) is 5.32 Å². The lowest BCUT2D eigenvalue weighted by molar-refractivity contribution is -0.385. The Bertz CT molecular complexity index is 939. The van der Waals surface area contributed by atoms with Crippen LogP contribution in [0.25, 0.3) is 5.69 Å². The molecule has 6 heteroatoms. The molecule has 1 aromatic heterocycles. The Hall–Kier alpha value is -3.15. The average molecular weight is 364 g/mol. The van der Waals surface area contributed by atoms with E-state index >= 15 is 0 Å². The molecule has 0 atom stereocenters. The first kappa shape index (κ1) is 18.6. The molecule has 3 rings (SSSR count). The van der Waals surface area contributed by atoms with Crippen molar-refractivity contribution in [3.8, 4) is 5.69 Å². The summed E-state index contributed by atoms with van der Waals surface area (Å²) in [5, 5.41) is 19.8. The molecule has 0 aliphatic heterocycles. The van der Waals surface area contributed by atoms with Gasteiger partial charge in [0.15, 0.2) is 0 Å². The van der Waals surface area contributed by atoms with E-state index in [1.165, 1.54) is 0 Å². The Balaban J connectivity index is 2.12. The summed E-state index contributed by atoms with van der Waals surface area (Å²) in [7, 11) is 0. The predicted octanol–water partition coefficient (Wildman–Crippen LogP) is 5.00. The van der Waals surface area contributed by atoms with Crippen LogP contribution in [0, 0.1) is 17.0 Å². The number of aryl methyl sites for hydroxylation is 1. The SMILES string of the molecule is Cc1ccc(-n2nc(C(C)(C)C)c([N+](=O)[O-])c2NCc2ccccc2)cc1. The molecule has 3 aromatic rings. The Morgan fingerprint density at radius 3 is 2.26 bits per heavy atom. The van der Waals surface area contributed by atoms with Crippen LogP contribution in [0.2, 0.25) is 0 Å². The molecule has 0 unspecified atom stereocenters. The van der Waals surface area contributed by atoms with Gasteiger partial charge in [0.25, 0.3) is 0 Å². The van der Waals surface area contributed by atoms with E-state index in [4.69, 9.17) is 0 Å². The molecule has 1 heterocycles. The molecule has 6 nitrogen and oxygen atoms in total. The van der Waals surface area contributed by atoms with Crippen LogP contribution in [0.4, 0.5) is 11.5 Å². The molecule has 0 spiro atoms. The standard InChI is InChI=1S/C21H24N4O2/c1-15-10-12-17(13-11-15)24-20(22-14-16-8-6-5-7-9-16)18(25(26)27)19(23-24)21(2,3)4/h5-13,22H,14H2,1-4H3. The van der Waals surface area contributed by atoms with Gasteiger partial charge in [-0.05, 0) is 24.6 Å². The number of nitrogens with one attached hydrogen (secondary N) is 1. The molecule has 0 fully saturated rings. The summed E-state index contributed by atoms with van der Waals surface area (Å²) in [5.74, 6) is 0.401. The second-order valence-corrected chi connectivity index (χ2v) is 7.64. The quantitative estimate of drug-likeness (QED) is 0.511. The summed E-state index contributed by atoms with van der Waals surface area (Å²) < 4.78 is 1.64. The van der Waals surface area contributed by atoms with Crippen LogP contribution in [0.3, 0.4) is 0 Å². The maximum Gasteiger partial charge on any atom is 0.334 e. The largest absolute Gasteiger partial charge is 0.360 e. The van der Waals surface area contributed by atoms with E-state index in [0.29, 0.717) is 18.1 Å². The van der Waals surface area contributed by atoms with Gasteiger partial charge in [-0.3, -0.25) is 10.1 Å². The molecule has 2 aromatic carbocycles. The zero-order valence-electron chi connectivity index (χ0n) is 16.1. The summed E-state index contributed by atoms with van der Waals surface area (Å²) in [6, 6.07) is 17.6. The average Bonchev–Trinajstić information content (AvgIpc) is 3.01. The van der Waals surface area contributed by atoms with Crippen LogP contribution >= 0.6 is 0 Å².